The third-order valence-electron chi connectivity index (χ3n) is 2.13. The van der Waals surface area contributed by atoms with E-state index in [4.69, 9.17) is 9.84 Å². The van der Waals surface area contributed by atoms with Gasteiger partial charge in [0.05, 0.1) is 19.8 Å². The van der Waals surface area contributed by atoms with Crippen molar-refractivity contribution in [1.29, 1.82) is 0 Å². The highest BCUT2D eigenvalue weighted by Crippen LogP contribution is 2.15. The molecule has 2 heterocycles. The van der Waals surface area contributed by atoms with E-state index in [1.165, 1.54) is 4.88 Å². The predicted octanol–water partition coefficient (Wildman–Crippen LogP) is 1.56. The van der Waals surface area contributed by atoms with E-state index in [0.717, 1.165) is 23.2 Å². The maximum absolute atomic E-state index is 8.55. The molecular formula is C11H15N3O2S2. The normalized spacial score (nSPS) is 10.9. The van der Waals surface area contributed by atoms with Crippen molar-refractivity contribution in [3.63, 3.8) is 0 Å². The summed E-state index contributed by atoms with van der Waals surface area (Å²) in [5.41, 5.74) is 0. The van der Waals surface area contributed by atoms with Crippen molar-refractivity contribution >= 4 is 23.1 Å². The highest BCUT2D eigenvalue weighted by atomic mass is 32.2. The maximum atomic E-state index is 8.55. The number of thioether (sulfide) groups is 1. The number of H-pyrrole nitrogens is 1. The van der Waals surface area contributed by atoms with Crippen LogP contribution in [-0.2, 0) is 11.2 Å². The number of nitrogens with one attached hydrogen (secondary N) is 1. The van der Waals surface area contributed by atoms with Gasteiger partial charge in [-0.15, -0.1) is 16.4 Å². The lowest BCUT2D eigenvalue weighted by Gasteiger charge is -1.98. The molecule has 2 aromatic heterocycles. The molecule has 7 heteroatoms. The molecule has 2 aromatic rings. The molecule has 0 amide bonds. The number of rotatable bonds is 8. The Morgan fingerprint density at radius 1 is 1.44 bits per heavy atom. The fourth-order valence-corrected chi connectivity index (χ4v) is 2.74. The molecule has 2 N–H and O–H groups in total. The predicted molar refractivity (Wildman–Crippen MR) is 72.1 cm³/mol. The molecule has 0 aliphatic rings. The van der Waals surface area contributed by atoms with Crippen LogP contribution in [0.5, 0.6) is 0 Å². The summed E-state index contributed by atoms with van der Waals surface area (Å²) in [6.45, 7) is 1.05. The van der Waals surface area contributed by atoms with Gasteiger partial charge in [0, 0.05) is 17.1 Å². The first kappa shape index (κ1) is 13.5. The largest absolute Gasteiger partial charge is 0.394 e. The molecule has 0 bridgehead atoms. The first-order chi connectivity index (χ1) is 8.88. The Kier molecular flexibility index (Phi) is 5.66. The number of aromatic nitrogens is 3. The number of aliphatic hydroxyl groups is 1. The number of hydrogen-bond donors (Lipinski definition) is 2. The summed E-state index contributed by atoms with van der Waals surface area (Å²) in [5, 5.41) is 18.4. The minimum atomic E-state index is 0.0658. The van der Waals surface area contributed by atoms with Crippen LogP contribution in [0.15, 0.2) is 22.7 Å². The molecule has 0 spiro atoms. The molecule has 18 heavy (non-hydrogen) atoms. The van der Waals surface area contributed by atoms with Crippen molar-refractivity contribution in [2.45, 2.75) is 11.6 Å². The van der Waals surface area contributed by atoms with Gasteiger partial charge in [0.2, 0.25) is 5.16 Å². The van der Waals surface area contributed by atoms with Crippen LogP contribution < -0.4 is 0 Å². The van der Waals surface area contributed by atoms with Gasteiger partial charge >= 0.3 is 0 Å². The summed E-state index contributed by atoms with van der Waals surface area (Å²) < 4.78 is 5.16. The van der Waals surface area contributed by atoms with Gasteiger partial charge < -0.3 is 9.84 Å². The first-order valence-corrected chi connectivity index (χ1v) is 7.50. The maximum Gasteiger partial charge on any atom is 0.208 e. The number of thiophene rings is 1. The standard InChI is InChI=1S/C11H15N3O2S2/c15-3-4-16-5-7-18-11-12-10(13-14-11)8-9-2-1-6-17-9/h1-2,6,15H,3-5,7-8H2,(H,12,13,14). The fourth-order valence-electron chi connectivity index (χ4n) is 1.36. The summed E-state index contributed by atoms with van der Waals surface area (Å²) in [7, 11) is 0. The molecule has 5 nitrogen and oxygen atoms in total. The highest BCUT2D eigenvalue weighted by Gasteiger charge is 2.05. The van der Waals surface area contributed by atoms with Gasteiger partial charge in [-0.2, -0.15) is 0 Å². The van der Waals surface area contributed by atoms with E-state index in [9.17, 15) is 0 Å². The van der Waals surface area contributed by atoms with E-state index in [1.54, 1.807) is 23.1 Å². The Balaban J connectivity index is 1.72. The molecule has 0 fully saturated rings. The van der Waals surface area contributed by atoms with E-state index in [2.05, 4.69) is 26.6 Å². The smallest absolute Gasteiger partial charge is 0.208 e. The number of aliphatic hydroxyl groups excluding tert-OH is 1. The lowest BCUT2D eigenvalue weighted by Crippen LogP contribution is -2.02. The number of aromatic amines is 1. The summed E-state index contributed by atoms with van der Waals surface area (Å²) in [5.74, 6) is 1.67. The second kappa shape index (κ2) is 7.52. The molecule has 0 radical (unpaired) electrons. The number of nitrogens with zero attached hydrogens (tertiary/aromatic N) is 2. The van der Waals surface area contributed by atoms with Crippen LogP contribution in [0.1, 0.15) is 10.7 Å². The molecule has 0 saturated carbocycles. The molecule has 0 aliphatic carbocycles. The average molecular weight is 285 g/mol. The zero-order valence-corrected chi connectivity index (χ0v) is 11.5. The van der Waals surface area contributed by atoms with Crippen molar-refractivity contribution in [2.75, 3.05) is 25.6 Å². The van der Waals surface area contributed by atoms with Gasteiger partial charge in [-0.1, -0.05) is 17.8 Å². The SMILES string of the molecule is OCCOCCSc1n[nH]c(Cc2cccs2)n1. The van der Waals surface area contributed by atoms with Crippen LogP contribution in [0.4, 0.5) is 0 Å². The third kappa shape index (κ3) is 4.41. The van der Waals surface area contributed by atoms with Gasteiger partial charge in [0.25, 0.3) is 0 Å². The lowest BCUT2D eigenvalue weighted by atomic mass is 10.3. The second-order valence-electron chi connectivity index (χ2n) is 3.51. The molecule has 0 aliphatic heterocycles. The van der Waals surface area contributed by atoms with Crippen molar-refractivity contribution in [3.8, 4) is 0 Å². The summed E-state index contributed by atoms with van der Waals surface area (Å²) >= 11 is 3.26. The topological polar surface area (TPSA) is 71.0 Å². The van der Waals surface area contributed by atoms with Crippen LogP contribution in [0.3, 0.4) is 0 Å². The summed E-state index contributed by atoms with van der Waals surface area (Å²) in [6, 6.07) is 4.12. The Morgan fingerprint density at radius 2 is 2.39 bits per heavy atom. The van der Waals surface area contributed by atoms with Crippen molar-refractivity contribution in [2.24, 2.45) is 0 Å². The van der Waals surface area contributed by atoms with Crippen LogP contribution >= 0.6 is 23.1 Å². The quantitative estimate of drug-likeness (QED) is 0.569. The molecule has 2 rings (SSSR count). The molecule has 0 unspecified atom stereocenters. The Hall–Kier alpha value is -0.890. The summed E-state index contributed by atoms with van der Waals surface area (Å²) in [6.07, 6.45) is 0.798. The minimum Gasteiger partial charge on any atom is -0.394 e. The number of hydrogen-bond acceptors (Lipinski definition) is 6. The van der Waals surface area contributed by atoms with Gasteiger partial charge in [-0.05, 0) is 11.4 Å². The van der Waals surface area contributed by atoms with Crippen molar-refractivity contribution in [1.82, 2.24) is 15.2 Å². The second-order valence-corrected chi connectivity index (χ2v) is 5.60. The van der Waals surface area contributed by atoms with Crippen LogP contribution in [0.2, 0.25) is 0 Å². The van der Waals surface area contributed by atoms with Crippen LogP contribution in [0, 0.1) is 0 Å². The first-order valence-electron chi connectivity index (χ1n) is 5.63. The van der Waals surface area contributed by atoms with E-state index < -0.39 is 0 Å². The van der Waals surface area contributed by atoms with Gasteiger partial charge in [0.15, 0.2) is 0 Å². The zero-order valence-electron chi connectivity index (χ0n) is 9.83. The van der Waals surface area contributed by atoms with Crippen molar-refractivity contribution in [3.05, 3.63) is 28.2 Å². The molecule has 0 saturated heterocycles. The minimum absolute atomic E-state index is 0.0658. The van der Waals surface area contributed by atoms with E-state index >= 15 is 0 Å². The lowest BCUT2D eigenvalue weighted by molar-refractivity contribution is 0.103. The Bertz CT molecular complexity index is 445. The van der Waals surface area contributed by atoms with E-state index in [0.29, 0.717) is 13.2 Å². The average Bonchev–Trinajstić information content (AvgIpc) is 3.02. The van der Waals surface area contributed by atoms with Crippen LogP contribution in [-0.4, -0.2) is 45.9 Å². The molecule has 98 valence electrons. The Morgan fingerprint density at radius 3 is 3.17 bits per heavy atom. The monoisotopic (exact) mass is 285 g/mol. The van der Waals surface area contributed by atoms with E-state index in [-0.39, 0.29) is 6.61 Å². The molecule has 0 aromatic carbocycles. The fraction of sp³-hybridized carbons (Fsp3) is 0.455. The number of ether oxygens (including phenoxy) is 1. The zero-order chi connectivity index (χ0) is 12.6. The summed E-state index contributed by atoms with van der Waals surface area (Å²) in [4.78, 5) is 5.67. The van der Waals surface area contributed by atoms with Crippen LogP contribution in [0.25, 0.3) is 0 Å². The van der Waals surface area contributed by atoms with Crippen molar-refractivity contribution < 1.29 is 9.84 Å². The van der Waals surface area contributed by atoms with Gasteiger partial charge in [-0.25, -0.2) is 4.98 Å². The van der Waals surface area contributed by atoms with E-state index in [1.807, 2.05) is 6.07 Å². The van der Waals surface area contributed by atoms with Gasteiger partial charge in [-0.3, -0.25) is 5.10 Å². The highest BCUT2D eigenvalue weighted by molar-refractivity contribution is 7.99. The van der Waals surface area contributed by atoms with Gasteiger partial charge in [0.1, 0.15) is 5.82 Å². The Labute approximate surface area is 114 Å². The molecule has 0 atom stereocenters. The molecular weight excluding hydrogens is 270 g/mol. The third-order valence-corrected chi connectivity index (χ3v) is 3.82.